The minimum absolute atomic E-state index is 0.560. The van der Waals surface area contributed by atoms with Gasteiger partial charge in [-0.2, -0.15) is 0 Å². The topological polar surface area (TPSA) is 109 Å². The molecule has 604 valence electrons. The first kappa shape index (κ1) is 73.4. The number of nitrogens with zero attached hydrogens (tertiary/aromatic N) is 6. The summed E-state index contributed by atoms with van der Waals surface area (Å²) in [5.74, 6) is 4.90. The van der Waals surface area contributed by atoms with Crippen molar-refractivity contribution >= 4 is 96.8 Å². The maximum atomic E-state index is 6.64. The minimum atomic E-state index is -0.566. The van der Waals surface area contributed by atoms with E-state index in [1.807, 2.05) is 72.0 Å². The summed E-state index contributed by atoms with van der Waals surface area (Å²) in [6, 6.07) is 151. The monoisotopic (exact) mass is 1670 g/mol. The quantitative estimate of drug-likeness (QED) is 0.137. The Morgan fingerprint density at radius 1 is 0.208 bits per heavy atom. The smallest absolute Gasteiger partial charge is 0.160 e. The molecule has 0 saturated heterocycles. The van der Waals surface area contributed by atoms with Crippen molar-refractivity contribution in [3.63, 3.8) is 0 Å². The molecule has 18 aromatic carbocycles. The summed E-state index contributed by atoms with van der Waals surface area (Å²) in [4.78, 5) is 31.7. The van der Waals surface area contributed by atoms with Crippen LogP contribution in [-0.4, -0.2) is 29.9 Å². The third-order valence-corrected chi connectivity index (χ3v) is 28.3. The van der Waals surface area contributed by atoms with Gasteiger partial charge in [-0.25, -0.2) is 29.9 Å². The number of benzene rings is 18. The first-order valence-corrected chi connectivity index (χ1v) is 44.8. The van der Waals surface area contributed by atoms with Crippen molar-refractivity contribution in [2.75, 3.05) is 0 Å². The van der Waals surface area contributed by atoms with Crippen molar-refractivity contribution in [2.24, 2.45) is 0 Å². The molecular weight excluding hydrogens is 1610 g/mol. The van der Waals surface area contributed by atoms with Crippen LogP contribution in [0.1, 0.15) is 44.5 Å². The van der Waals surface area contributed by atoms with Crippen molar-refractivity contribution in [1.82, 2.24) is 29.9 Å². The first-order chi connectivity index (χ1) is 64.4. The van der Waals surface area contributed by atoms with Gasteiger partial charge in [0.25, 0.3) is 0 Å². The molecule has 28 rings (SSSR count). The SMILES string of the molecule is c1ccc(-c2nc(-c3ccc(-c4nc5ccccc5c5cc6c(cc45)-c4ccccc4C64c5ccccc5Oc5ccccc54)cc3)cc(-c3cccc4c3sc3ccccc34)n2)cc1.c1ccc(-c2nc(-c3ccc(-c4nc5ccccc5c5cc6c(cc45)-c4ccccc4C64c5ccccc5Oc5ccccc54)cc3)cc(-c3cccc4oc5ccccc5c34)n2)cc1. The maximum Gasteiger partial charge on any atom is 0.160 e. The summed E-state index contributed by atoms with van der Waals surface area (Å²) in [5.41, 5.74) is 30.4. The predicted octanol–water partition coefficient (Wildman–Crippen LogP) is 30.9. The fourth-order valence-corrected chi connectivity index (χ4v) is 22.7. The van der Waals surface area contributed by atoms with Crippen molar-refractivity contribution < 1.29 is 13.9 Å². The molecule has 130 heavy (non-hydrogen) atoms. The van der Waals surface area contributed by atoms with E-state index >= 15 is 0 Å². The molecule has 0 atom stereocenters. The number of para-hydroxylation sites is 7. The molecule has 0 bridgehead atoms. The van der Waals surface area contributed by atoms with Gasteiger partial charge in [0.1, 0.15) is 34.2 Å². The lowest BCUT2D eigenvalue weighted by Crippen LogP contribution is -2.32. The standard InChI is InChI=1S/C60H35N3O2.C60H35N3OS/c1-2-15-38(16-3-1)59-62-51(35-52(63-59)41-20-14-28-56-57(41)42-19-6-11-25-53(42)64-56)36-29-31-37(32-30-36)58-45-33-44-39-17-4-7-21-46(39)60(49(44)34-43(45)40-18-5-10-24-50(40)61-58)47-22-8-12-26-54(47)65-55-27-13-9-23-48(55)60;1-2-15-38(16-3-1)59-62-52(35-53(63-59)43-21-14-20-42-41-19-6-13-28-56(41)65-58(42)43)36-29-31-37(32-30-36)57-46-33-45-39-17-4-7-22-47(39)60(50(45)34-44(46)40-18-5-10-25-51(40)61-57)48-23-8-11-26-54(48)64-55-27-12-9-24-49(55)60/h2*1-35H. The van der Waals surface area contributed by atoms with E-state index in [1.54, 1.807) is 0 Å². The number of thiophene rings is 1. The van der Waals surface area contributed by atoms with E-state index in [4.69, 9.17) is 43.8 Å². The number of hydrogen-bond donors (Lipinski definition) is 0. The molecule has 0 saturated carbocycles. The van der Waals surface area contributed by atoms with Crippen LogP contribution in [-0.2, 0) is 10.8 Å². The van der Waals surface area contributed by atoms with Gasteiger partial charge < -0.3 is 13.9 Å². The second kappa shape index (κ2) is 28.8. The Morgan fingerprint density at radius 2 is 0.577 bits per heavy atom. The first-order valence-electron chi connectivity index (χ1n) is 44.0. The van der Waals surface area contributed by atoms with Gasteiger partial charge in [-0.15, -0.1) is 11.3 Å². The lowest BCUT2D eigenvalue weighted by atomic mass is 9.66. The Kier molecular flexibility index (Phi) is 16.3. The van der Waals surface area contributed by atoms with E-state index in [9.17, 15) is 0 Å². The number of furan rings is 1. The van der Waals surface area contributed by atoms with E-state index < -0.39 is 10.8 Å². The fourth-order valence-electron chi connectivity index (χ4n) is 21.5. The Morgan fingerprint density at radius 3 is 1.08 bits per heavy atom. The second-order valence-electron chi connectivity index (χ2n) is 34.0. The number of pyridine rings is 2. The van der Waals surface area contributed by atoms with Crippen molar-refractivity contribution in [3.8, 4) is 136 Å². The molecule has 2 aliphatic carbocycles. The summed E-state index contributed by atoms with van der Waals surface area (Å²) in [5, 5.41) is 11.4. The van der Waals surface area contributed by atoms with Crippen molar-refractivity contribution in [1.29, 1.82) is 0 Å². The highest BCUT2D eigenvalue weighted by atomic mass is 32.1. The molecule has 0 amide bonds. The molecule has 4 aliphatic rings. The normalized spacial score (nSPS) is 13.2. The molecule has 24 aromatic rings. The zero-order chi connectivity index (χ0) is 85.3. The van der Waals surface area contributed by atoms with Crippen LogP contribution in [0.15, 0.2) is 429 Å². The van der Waals surface area contributed by atoms with Gasteiger partial charge in [-0.1, -0.05) is 334 Å². The average molecular weight is 1680 g/mol. The van der Waals surface area contributed by atoms with E-state index in [-0.39, 0.29) is 0 Å². The molecule has 8 heterocycles. The molecule has 0 N–H and O–H groups in total. The van der Waals surface area contributed by atoms with Crippen LogP contribution >= 0.6 is 11.3 Å². The Hall–Kier alpha value is -16.9. The number of fused-ring (bicyclic) bond motifs is 30. The van der Waals surface area contributed by atoms with Crippen LogP contribution in [0.4, 0.5) is 0 Å². The molecule has 0 fully saturated rings. The third kappa shape index (κ3) is 11.0. The van der Waals surface area contributed by atoms with Gasteiger partial charge in [0, 0.05) is 119 Å². The average Bonchev–Trinajstić information content (AvgIpc) is 1.51. The highest BCUT2D eigenvalue weighted by molar-refractivity contribution is 7.26. The summed E-state index contributed by atoms with van der Waals surface area (Å²) >= 11 is 1.82. The van der Waals surface area contributed by atoms with E-state index in [1.165, 1.54) is 70.1 Å². The second-order valence-corrected chi connectivity index (χ2v) is 35.0. The molecule has 0 radical (unpaired) electrons. The largest absolute Gasteiger partial charge is 0.457 e. The summed E-state index contributed by atoms with van der Waals surface area (Å²) in [6.45, 7) is 0. The lowest BCUT2D eigenvalue weighted by Gasteiger charge is -2.39. The zero-order valence-electron chi connectivity index (χ0n) is 69.7. The summed E-state index contributed by atoms with van der Waals surface area (Å²) in [6.07, 6.45) is 0. The van der Waals surface area contributed by atoms with Crippen LogP contribution in [0, 0.1) is 0 Å². The Bertz CT molecular complexity index is 8790. The molecule has 2 aliphatic heterocycles. The Labute approximate surface area is 750 Å². The molecular formula is C120H70N6O3S. The highest BCUT2D eigenvalue weighted by Gasteiger charge is 2.53. The van der Waals surface area contributed by atoms with E-state index in [2.05, 4.69) is 364 Å². The highest BCUT2D eigenvalue weighted by Crippen LogP contribution is 2.65. The molecule has 0 unspecified atom stereocenters. The van der Waals surface area contributed by atoms with Crippen LogP contribution in [0.5, 0.6) is 23.0 Å². The fraction of sp³-hybridized carbons (Fsp3) is 0.0167. The molecule has 6 aromatic heterocycles. The van der Waals surface area contributed by atoms with Crippen LogP contribution < -0.4 is 9.47 Å². The molecule has 10 heteroatoms. The van der Waals surface area contributed by atoms with Gasteiger partial charge in [-0.05, 0) is 146 Å². The summed E-state index contributed by atoms with van der Waals surface area (Å²) < 4.78 is 22.1. The van der Waals surface area contributed by atoms with Gasteiger partial charge in [0.05, 0.1) is 56.0 Å². The zero-order valence-corrected chi connectivity index (χ0v) is 70.5. The number of aromatic nitrogens is 6. The summed E-state index contributed by atoms with van der Waals surface area (Å²) in [7, 11) is 0. The lowest BCUT2D eigenvalue weighted by molar-refractivity contribution is 0.436. The van der Waals surface area contributed by atoms with Crippen molar-refractivity contribution in [2.45, 2.75) is 10.8 Å². The number of rotatable bonds is 8. The number of ether oxygens (including phenoxy) is 2. The van der Waals surface area contributed by atoms with E-state index in [0.29, 0.717) is 11.6 Å². The predicted molar refractivity (Wildman–Crippen MR) is 528 cm³/mol. The maximum absolute atomic E-state index is 6.64. The van der Waals surface area contributed by atoms with Gasteiger partial charge in [0.2, 0.25) is 0 Å². The van der Waals surface area contributed by atoms with Crippen LogP contribution in [0.25, 0.3) is 198 Å². The minimum Gasteiger partial charge on any atom is -0.457 e. The van der Waals surface area contributed by atoms with Crippen LogP contribution in [0.2, 0.25) is 0 Å². The van der Waals surface area contributed by atoms with Gasteiger partial charge in [0.15, 0.2) is 11.6 Å². The van der Waals surface area contributed by atoms with Crippen LogP contribution in [0.3, 0.4) is 0 Å². The van der Waals surface area contributed by atoms with Crippen molar-refractivity contribution in [3.05, 3.63) is 469 Å². The van der Waals surface area contributed by atoms with Gasteiger partial charge >= 0.3 is 0 Å². The molecule has 9 nitrogen and oxygen atoms in total. The van der Waals surface area contributed by atoms with E-state index in [0.717, 1.165) is 184 Å². The third-order valence-electron chi connectivity index (χ3n) is 27.1. The Balaban J connectivity index is 0.000000134. The molecule has 2 spiro atoms. The van der Waals surface area contributed by atoms with Gasteiger partial charge in [-0.3, -0.25) is 0 Å². The number of hydrogen-bond acceptors (Lipinski definition) is 10.